The zero-order chi connectivity index (χ0) is 35.4. The van der Waals surface area contributed by atoms with Gasteiger partial charge in [0, 0.05) is 53.6 Å². The highest BCUT2D eigenvalue weighted by Crippen LogP contribution is 2.40. The molecule has 0 saturated heterocycles. The minimum Gasteiger partial charge on any atom is -0.460 e. The van der Waals surface area contributed by atoms with Gasteiger partial charge in [-0.3, -0.25) is 9.69 Å². The summed E-state index contributed by atoms with van der Waals surface area (Å²) in [6, 6.07) is 10.8. The van der Waals surface area contributed by atoms with Gasteiger partial charge >= 0.3 is 5.97 Å². The molecule has 0 saturated carbocycles. The summed E-state index contributed by atoms with van der Waals surface area (Å²) in [7, 11) is -2.10. The van der Waals surface area contributed by atoms with Gasteiger partial charge in [0.1, 0.15) is 33.7 Å². The molecule has 0 fully saturated rings. The zero-order valence-electron chi connectivity index (χ0n) is 27.9. The second kappa shape index (κ2) is 12.7. The molecule has 258 valence electrons. The van der Waals surface area contributed by atoms with E-state index in [1.807, 2.05) is 11.9 Å². The number of benzene rings is 3. The summed E-state index contributed by atoms with van der Waals surface area (Å²) in [6.07, 6.45) is 3.12. The molecule has 5 aromatic rings. The lowest BCUT2D eigenvalue weighted by Gasteiger charge is -2.32. The van der Waals surface area contributed by atoms with Crippen LogP contribution in [-0.4, -0.2) is 59.7 Å². The Kier molecular flexibility index (Phi) is 8.86. The first-order valence-corrected chi connectivity index (χ1v) is 17.7. The van der Waals surface area contributed by atoms with Gasteiger partial charge in [-0.25, -0.2) is 26.6 Å². The van der Waals surface area contributed by atoms with Gasteiger partial charge in [-0.05, 0) is 64.1 Å². The molecule has 2 N–H and O–H groups in total. The number of carbonyl (C=O) groups excluding carboxylic acids is 1. The van der Waals surface area contributed by atoms with E-state index in [-0.39, 0.29) is 39.4 Å². The third kappa shape index (κ3) is 6.82. The van der Waals surface area contributed by atoms with Gasteiger partial charge in [0.15, 0.2) is 21.4 Å². The standard InChI is InChI=1S/C36H37F3N4O5S/c1-19(35(44)48-36(2,3)4)16-20-8-7-9-23(29(20)39)31-30-27(13-15-43(31)5)41-34(42-30)24-17-21(10-11-25(24)37)47-32-26(38)18-28-22(12-14-40-28)33(32)49(6,45)46/h7-12,14,17-19,31,40H,13,15-16H2,1-6H3,(H,41,42). The third-order valence-corrected chi connectivity index (χ3v) is 9.61. The first-order chi connectivity index (χ1) is 23.0. The predicted molar refractivity (Wildman–Crippen MR) is 179 cm³/mol. The maximum absolute atomic E-state index is 16.2. The molecule has 6 rings (SSSR count). The molecule has 9 nitrogen and oxygen atoms in total. The maximum atomic E-state index is 16.2. The van der Waals surface area contributed by atoms with Crippen molar-refractivity contribution in [3.8, 4) is 22.9 Å². The lowest BCUT2D eigenvalue weighted by Crippen LogP contribution is -2.33. The van der Waals surface area contributed by atoms with Crippen LogP contribution in [-0.2, 0) is 32.2 Å². The highest BCUT2D eigenvalue weighted by molar-refractivity contribution is 7.91. The number of rotatable bonds is 8. The van der Waals surface area contributed by atoms with E-state index < -0.39 is 56.6 Å². The van der Waals surface area contributed by atoms with Gasteiger partial charge in [0.25, 0.3) is 0 Å². The number of likely N-dealkylation sites (N-methyl/N-ethyl adjacent to an activating group) is 1. The fourth-order valence-corrected chi connectivity index (χ4v) is 7.27. The van der Waals surface area contributed by atoms with Gasteiger partial charge < -0.3 is 19.4 Å². The highest BCUT2D eigenvalue weighted by Gasteiger charge is 2.34. The van der Waals surface area contributed by atoms with Gasteiger partial charge in [0.2, 0.25) is 0 Å². The largest absolute Gasteiger partial charge is 0.460 e. The SMILES string of the molecule is CC(Cc1cccc(C2c3nc(-c4cc(Oc5c(F)cc6[nH]ccc6c5S(C)(=O)=O)ccc4F)[nH]c3CCN2C)c1F)C(=O)OC(C)(C)C. The number of H-pyrrole nitrogens is 2. The normalized spacial score (nSPS) is 16.1. The molecular formula is C36H37F3N4O5S. The molecule has 2 aromatic heterocycles. The fourth-order valence-electron chi connectivity index (χ4n) is 6.22. The van der Waals surface area contributed by atoms with E-state index in [0.29, 0.717) is 35.5 Å². The number of sulfone groups is 1. The van der Waals surface area contributed by atoms with Crippen LogP contribution in [0, 0.1) is 23.4 Å². The van der Waals surface area contributed by atoms with Crippen molar-refractivity contribution in [3.05, 3.63) is 94.7 Å². The predicted octanol–water partition coefficient (Wildman–Crippen LogP) is 7.27. The van der Waals surface area contributed by atoms with Gasteiger partial charge in [-0.15, -0.1) is 0 Å². The fraction of sp³-hybridized carbons (Fsp3) is 0.333. The van der Waals surface area contributed by atoms with Crippen LogP contribution in [0.25, 0.3) is 22.3 Å². The van der Waals surface area contributed by atoms with E-state index >= 15 is 13.2 Å². The lowest BCUT2D eigenvalue weighted by molar-refractivity contribution is -0.159. The van der Waals surface area contributed by atoms with Crippen LogP contribution in [0.3, 0.4) is 0 Å². The molecule has 0 radical (unpaired) electrons. The molecule has 0 spiro atoms. The maximum Gasteiger partial charge on any atom is 0.309 e. The smallest absolute Gasteiger partial charge is 0.309 e. The number of nitrogens with zero attached hydrogens (tertiary/aromatic N) is 2. The van der Waals surface area contributed by atoms with Crippen molar-refractivity contribution in [2.24, 2.45) is 5.92 Å². The number of aromatic nitrogens is 3. The van der Waals surface area contributed by atoms with Gasteiger partial charge in [-0.2, -0.15) is 0 Å². The summed E-state index contributed by atoms with van der Waals surface area (Å²) in [6.45, 7) is 7.59. The van der Waals surface area contributed by atoms with Crippen LogP contribution in [0.5, 0.6) is 11.5 Å². The van der Waals surface area contributed by atoms with E-state index in [4.69, 9.17) is 14.5 Å². The van der Waals surface area contributed by atoms with Crippen LogP contribution >= 0.6 is 0 Å². The number of hydrogen-bond donors (Lipinski definition) is 2. The Balaban J connectivity index is 1.34. The first kappa shape index (κ1) is 34.3. The van der Waals surface area contributed by atoms with Crippen molar-refractivity contribution in [1.29, 1.82) is 0 Å². The Labute approximate surface area is 282 Å². The highest BCUT2D eigenvalue weighted by atomic mass is 32.2. The van der Waals surface area contributed by atoms with E-state index in [2.05, 4.69) is 9.97 Å². The summed E-state index contributed by atoms with van der Waals surface area (Å²) in [5.74, 6) is -3.40. The molecule has 0 aliphatic carbocycles. The Morgan fingerprint density at radius 3 is 2.57 bits per heavy atom. The second-order valence-corrected chi connectivity index (χ2v) is 15.5. The number of hydrogen-bond acceptors (Lipinski definition) is 7. The minimum atomic E-state index is -3.94. The molecular weight excluding hydrogens is 657 g/mol. The average molecular weight is 695 g/mol. The number of ether oxygens (including phenoxy) is 2. The summed E-state index contributed by atoms with van der Waals surface area (Å²) >= 11 is 0. The Bertz CT molecular complexity index is 2190. The molecule has 2 unspecified atom stereocenters. The number of nitrogens with one attached hydrogen (secondary N) is 2. The van der Waals surface area contributed by atoms with Gasteiger partial charge in [-0.1, -0.05) is 25.1 Å². The van der Waals surface area contributed by atoms with Crippen molar-refractivity contribution in [2.75, 3.05) is 19.8 Å². The van der Waals surface area contributed by atoms with E-state index in [1.165, 1.54) is 24.4 Å². The van der Waals surface area contributed by atoms with Crippen molar-refractivity contribution < 1.29 is 35.9 Å². The average Bonchev–Trinajstić information content (AvgIpc) is 3.65. The van der Waals surface area contributed by atoms with Crippen LogP contribution in [0.1, 0.15) is 56.3 Å². The van der Waals surface area contributed by atoms with Crippen molar-refractivity contribution in [2.45, 2.75) is 57.1 Å². The molecule has 0 bridgehead atoms. The number of fused-ring (bicyclic) bond motifs is 2. The van der Waals surface area contributed by atoms with E-state index in [9.17, 15) is 13.2 Å². The molecule has 13 heteroatoms. The molecule has 49 heavy (non-hydrogen) atoms. The molecule has 1 aliphatic rings. The van der Waals surface area contributed by atoms with Crippen molar-refractivity contribution in [1.82, 2.24) is 19.9 Å². The van der Waals surface area contributed by atoms with Crippen molar-refractivity contribution >= 4 is 26.7 Å². The number of carbonyl (C=O) groups is 1. The van der Waals surface area contributed by atoms with Gasteiger partial charge in [0.05, 0.1) is 23.2 Å². The van der Waals surface area contributed by atoms with Crippen LogP contribution in [0.2, 0.25) is 0 Å². The van der Waals surface area contributed by atoms with Crippen LogP contribution in [0.4, 0.5) is 13.2 Å². The topological polar surface area (TPSA) is 117 Å². The van der Waals surface area contributed by atoms with Crippen LogP contribution in [0.15, 0.2) is 59.6 Å². The Hall–Kier alpha value is -4.62. The molecule has 1 aliphatic heterocycles. The van der Waals surface area contributed by atoms with Crippen molar-refractivity contribution in [3.63, 3.8) is 0 Å². The summed E-state index contributed by atoms with van der Waals surface area (Å²) < 4.78 is 83.6. The Morgan fingerprint density at radius 2 is 1.86 bits per heavy atom. The van der Waals surface area contributed by atoms with E-state index in [1.54, 1.807) is 45.9 Å². The third-order valence-electron chi connectivity index (χ3n) is 8.46. The monoisotopic (exact) mass is 694 g/mol. The summed E-state index contributed by atoms with van der Waals surface area (Å²) in [5, 5.41) is 0.255. The second-order valence-electron chi connectivity index (χ2n) is 13.5. The first-order valence-electron chi connectivity index (χ1n) is 15.8. The zero-order valence-corrected chi connectivity index (χ0v) is 28.8. The Morgan fingerprint density at radius 1 is 1.10 bits per heavy atom. The summed E-state index contributed by atoms with van der Waals surface area (Å²) in [4.78, 5) is 25.0. The lowest BCUT2D eigenvalue weighted by atomic mass is 9.92. The molecule has 0 amide bonds. The number of imidazole rings is 1. The van der Waals surface area contributed by atoms with E-state index in [0.717, 1.165) is 18.4 Å². The molecule has 3 heterocycles. The molecule has 2 atom stereocenters. The van der Waals surface area contributed by atoms with Crippen LogP contribution < -0.4 is 4.74 Å². The number of esters is 1. The minimum absolute atomic E-state index is 0.00209. The number of halogens is 3. The quantitative estimate of drug-likeness (QED) is 0.164. The number of aromatic amines is 2. The summed E-state index contributed by atoms with van der Waals surface area (Å²) in [5.41, 5.74) is 1.54. The molecule has 3 aromatic carbocycles.